The molecule has 3 nitrogen and oxygen atoms in total. The highest BCUT2D eigenvalue weighted by molar-refractivity contribution is 7.07. The van der Waals surface area contributed by atoms with E-state index in [9.17, 15) is 0 Å². The summed E-state index contributed by atoms with van der Waals surface area (Å²) in [7, 11) is 0. The second-order valence-corrected chi connectivity index (χ2v) is 5.29. The molecule has 0 fully saturated rings. The minimum Gasteiger partial charge on any atom is -0.487 e. The summed E-state index contributed by atoms with van der Waals surface area (Å²) in [4.78, 5) is 4.19. The van der Waals surface area contributed by atoms with Crippen molar-refractivity contribution in [2.45, 2.75) is 32.9 Å². The van der Waals surface area contributed by atoms with Gasteiger partial charge in [0.2, 0.25) is 0 Å². The van der Waals surface area contributed by atoms with Crippen LogP contribution in [0.15, 0.2) is 35.2 Å². The Morgan fingerprint density at radius 3 is 2.74 bits per heavy atom. The van der Waals surface area contributed by atoms with E-state index in [2.05, 4.69) is 36.3 Å². The molecule has 0 bridgehead atoms. The third kappa shape index (κ3) is 4.65. The number of thiazole rings is 1. The molecule has 0 saturated carbocycles. The van der Waals surface area contributed by atoms with Gasteiger partial charge < -0.3 is 10.1 Å². The van der Waals surface area contributed by atoms with Crippen molar-refractivity contribution >= 4 is 11.3 Å². The van der Waals surface area contributed by atoms with Crippen molar-refractivity contribution in [3.8, 4) is 5.75 Å². The van der Waals surface area contributed by atoms with Crippen molar-refractivity contribution in [3.63, 3.8) is 0 Å². The summed E-state index contributed by atoms with van der Waals surface area (Å²) in [5.74, 6) is 0.896. The Morgan fingerprint density at radius 2 is 2.11 bits per heavy atom. The molecule has 0 aliphatic heterocycles. The number of hydrogen-bond donors (Lipinski definition) is 1. The van der Waals surface area contributed by atoms with E-state index in [-0.39, 0.29) is 0 Å². The minimum absolute atomic E-state index is 0.506. The second-order valence-electron chi connectivity index (χ2n) is 4.58. The number of nitrogens with one attached hydrogen (secondary N) is 1. The van der Waals surface area contributed by atoms with Crippen LogP contribution in [0, 0.1) is 0 Å². The van der Waals surface area contributed by atoms with Crippen LogP contribution in [-0.2, 0) is 13.0 Å². The molecule has 0 saturated heterocycles. The van der Waals surface area contributed by atoms with Gasteiger partial charge in [0.15, 0.2) is 0 Å². The Hall–Kier alpha value is -1.39. The molecule has 0 aliphatic carbocycles. The Bertz CT molecular complexity index is 467. The molecule has 2 aromatic rings. The molecule has 0 radical (unpaired) electrons. The fourth-order valence-corrected chi connectivity index (χ4v) is 2.51. The van der Waals surface area contributed by atoms with Gasteiger partial charge in [-0.3, -0.25) is 0 Å². The predicted molar refractivity (Wildman–Crippen MR) is 79.7 cm³/mol. The molecule has 1 atom stereocenters. The first-order chi connectivity index (χ1) is 9.28. The second kappa shape index (κ2) is 7.26. The molecule has 2 rings (SSSR count). The van der Waals surface area contributed by atoms with Gasteiger partial charge >= 0.3 is 0 Å². The van der Waals surface area contributed by atoms with Crippen molar-refractivity contribution in [1.82, 2.24) is 10.3 Å². The molecule has 19 heavy (non-hydrogen) atoms. The number of aromatic nitrogens is 1. The lowest BCUT2D eigenvalue weighted by Gasteiger charge is -2.12. The van der Waals surface area contributed by atoms with Crippen LogP contribution in [0.4, 0.5) is 0 Å². The van der Waals surface area contributed by atoms with Crippen LogP contribution in [0.1, 0.15) is 25.1 Å². The molecule has 0 aliphatic rings. The average molecular weight is 276 g/mol. The quantitative estimate of drug-likeness (QED) is 0.843. The summed E-state index contributed by atoms with van der Waals surface area (Å²) >= 11 is 1.59. The van der Waals surface area contributed by atoms with Gasteiger partial charge in [-0.15, -0.1) is 11.3 Å². The molecule has 1 aromatic heterocycles. The maximum Gasteiger partial charge on any atom is 0.131 e. The summed E-state index contributed by atoms with van der Waals surface area (Å²) in [5, 5.41) is 5.42. The van der Waals surface area contributed by atoms with Gasteiger partial charge in [0.1, 0.15) is 12.4 Å². The van der Waals surface area contributed by atoms with Crippen molar-refractivity contribution in [2.75, 3.05) is 6.54 Å². The van der Waals surface area contributed by atoms with E-state index >= 15 is 0 Å². The fourth-order valence-electron chi connectivity index (χ4n) is 1.96. The van der Waals surface area contributed by atoms with E-state index in [1.54, 1.807) is 11.3 Å². The zero-order valence-electron chi connectivity index (χ0n) is 11.4. The largest absolute Gasteiger partial charge is 0.487 e. The van der Waals surface area contributed by atoms with Gasteiger partial charge in [0, 0.05) is 11.4 Å². The summed E-state index contributed by atoms with van der Waals surface area (Å²) in [6.45, 7) is 5.88. The molecule has 0 amide bonds. The molecule has 102 valence electrons. The van der Waals surface area contributed by atoms with Gasteiger partial charge in [-0.05, 0) is 37.6 Å². The first-order valence-electron chi connectivity index (χ1n) is 6.60. The first kappa shape index (κ1) is 14.0. The van der Waals surface area contributed by atoms with Crippen LogP contribution in [0.3, 0.4) is 0 Å². The van der Waals surface area contributed by atoms with Crippen molar-refractivity contribution in [2.24, 2.45) is 0 Å². The highest BCUT2D eigenvalue weighted by atomic mass is 32.1. The third-order valence-corrected chi connectivity index (χ3v) is 3.52. The van der Waals surface area contributed by atoms with Gasteiger partial charge in [0.25, 0.3) is 0 Å². The van der Waals surface area contributed by atoms with Crippen LogP contribution < -0.4 is 10.1 Å². The first-order valence-corrected chi connectivity index (χ1v) is 7.54. The average Bonchev–Trinajstić information content (AvgIpc) is 2.91. The van der Waals surface area contributed by atoms with Gasteiger partial charge in [-0.2, -0.15) is 0 Å². The molecule has 1 heterocycles. The van der Waals surface area contributed by atoms with Crippen LogP contribution in [-0.4, -0.2) is 17.6 Å². The van der Waals surface area contributed by atoms with Crippen LogP contribution in [0.2, 0.25) is 0 Å². The monoisotopic (exact) mass is 276 g/mol. The summed E-state index contributed by atoms with van der Waals surface area (Å²) in [6.07, 6.45) is 1.04. The molecular formula is C15H20N2OS. The van der Waals surface area contributed by atoms with E-state index in [4.69, 9.17) is 4.74 Å². The number of hydrogen-bond acceptors (Lipinski definition) is 4. The third-order valence-electron chi connectivity index (χ3n) is 2.89. The standard InChI is InChI=1S/C15H20N2OS/c1-3-16-12(2)8-13-4-6-15(7-5-13)18-9-14-10-19-11-17-14/h4-7,10-12,16H,3,8-9H2,1-2H3. The van der Waals surface area contributed by atoms with Gasteiger partial charge in [0.05, 0.1) is 11.2 Å². The number of ether oxygens (including phenoxy) is 1. The summed E-state index contributed by atoms with van der Waals surface area (Å²) in [5.41, 5.74) is 4.13. The maximum atomic E-state index is 5.69. The molecule has 0 spiro atoms. The predicted octanol–water partition coefficient (Wildman–Crippen LogP) is 3.26. The number of likely N-dealkylation sites (N-methyl/N-ethyl adjacent to an activating group) is 1. The van der Waals surface area contributed by atoms with Gasteiger partial charge in [-0.25, -0.2) is 4.98 Å². The molecule has 1 aromatic carbocycles. The van der Waals surface area contributed by atoms with E-state index in [1.165, 1.54) is 5.56 Å². The van der Waals surface area contributed by atoms with E-state index in [0.717, 1.165) is 24.4 Å². The van der Waals surface area contributed by atoms with Crippen molar-refractivity contribution in [1.29, 1.82) is 0 Å². The zero-order valence-corrected chi connectivity index (χ0v) is 12.2. The molecule has 4 heteroatoms. The fraction of sp³-hybridized carbons (Fsp3) is 0.400. The number of rotatable bonds is 7. The lowest BCUT2D eigenvalue weighted by molar-refractivity contribution is 0.302. The Kier molecular flexibility index (Phi) is 5.36. The molecular weight excluding hydrogens is 256 g/mol. The van der Waals surface area contributed by atoms with Gasteiger partial charge in [-0.1, -0.05) is 19.1 Å². The lowest BCUT2D eigenvalue weighted by atomic mass is 10.1. The van der Waals surface area contributed by atoms with Crippen molar-refractivity contribution in [3.05, 3.63) is 46.4 Å². The summed E-state index contributed by atoms with van der Waals surface area (Å²) in [6, 6.07) is 8.82. The normalized spacial score (nSPS) is 12.3. The van der Waals surface area contributed by atoms with Crippen LogP contribution >= 0.6 is 11.3 Å². The Labute approximate surface area is 118 Å². The van der Waals surface area contributed by atoms with E-state index < -0.39 is 0 Å². The highest BCUT2D eigenvalue weighted by Gasteiger charge is 2.02. The SMILES string of the molecule is CCNC(C)Cc1ccc(OCc2cscn2)cc1. The van der Waals surface area contributed by atoms with E-state index in [0.29, 0.717) is 12.6 Å². The smallest absolute Gasteiger partial charge is 0.131 e. The zero-order chi connectivity index (χ0) is 13.5. The van der Waals surface area contributed by atoms with Crippen molar-refractivity contribution < 1.29 is 4.74 Å². The van der Waals surface area contributed by atoms with Crippen LogP contribution in [0.25, 0.3) is 0 Å². The number of benzene rings is 1. The molecule has 1 N–H and O–H groups in total. The van der Waals surface area contributed by atoms with E-state index in [1.807, 2.05) is 23.0 Å². The Balaban J connectivity index is 1.84. The Morgan fingerprint density at radius 1 is 1.32 bits per heavy atom. The molecule has 1 unspecified atom stereocenters. The lowest BCUT2D eigenvalue weighted by Crippen LogP contribution is -2.27. The van der Waals surface area contributed by atoms with Crippen LogP contribution in [0.5, 0.6) is 5.75 Å². The number of nitrogens with zero attached hydrogens (tertiary/aromatic N) is 1. The maximum absolute atomic E-state index is 5.69. The highest BCUT2D eigenvalue weighted by Crippen LogP contribution is 2.15. The summed E-state index contributed by atoms with van der Waals surface area (Å²) < 4.78 is 5.69. The topological polar surface area (TPSA) is 34.1 Å². The minimum atomic E-state index is 0.506.